The average molecular weight is 259 g/mol. The summed E-state index contributed by atoms with van der Waals surface area (Å²) in [5, 5.41) is 3.55. The van der Waals surface area contributed by atoms with E-state index in [4.69, 9.17) is 4.74 Å². The van der Waals surface area contributed by atoms with Gasteiger partial charge in [-0.05, 0) is 42.7 Å². The molecule has 0 aromatic heterocycles. The van der Waals surface area contributed by atoms with Crippen molar-refractivity contribution in [2.45, 2.75) is 57.2 Å². The first-order valence-electron chi connectivity index (χ1n) is 7.75. The third kappa shape index (κ3) is 2.70. The number of ether oxygens (including phenoxy) is 1. The van der Waals surface area contributed by atoms with Crippen molar-refractivity contribution in [2.24, 2.45) is 0 Å². The second-order valence-corrected chi connectivity index (χ2v) is 6.07. The zero-order valence-corrected chi connectivity index (χ0v) is 12.1. The van der Waals surface area contributed by atoms with Crippen molar-refractivity contribution in [1.29, 1.82) is 0 Å². The van der Waals surface area contributed by atoms with Gasteiger partial charge < -0.3 is 10.1 Å². The van der Waals surface area contributed by atoms with Gasteiger partial charge in [-0.25, -0.2) is 0 Å². The Balaban J connectivity index is 1.73. The normalized spacial score (nSPS) is 26.3. The van der Waals surface area contributed by atoms with E-state index in [1.807, 2.05) is 0 Å². The summed E-state index contributed by atoms with van der Waals surface area (Å²) in [4.78, 5) is 0. The van der Waals surface area contributed by atoms with Crippen LogP contribution in [0.2, 0.25) is 0 Å². The SMILES string of the molecule is CCC1(CC)CNCC(c2ccc(C3CC3)cc2)O1. The molecule has 1 N–H and O–H groups in total. The van der Waals surface area contributed by atoms with E-state index in [-0.39, 0.29) is 11.7 Å². The van der Waals surface area contributed by atoms with Crippen LogP contribution in [-0.2, 0) is 4.74 Å². The monoisotopic (exact) mass is 259 g/mol. The predicted octanol–water partition coefficient (Wildman–Crippen LogP) is 3.78. The topological polar surface area (TPSA) is 21.3 Å². The van der Waals surface area contributed by atoms with E-state index in [9.17, 15) is 0 Å². The molecule has 104 valence electrons. The van der Waals surface area contributed by atoms with E-state index in [1.165, 1.54) is 24.0 Å². The lowest BCUT2D eigenvalue weighted by Crippen LogP contribution is -2.50. The maximum atomic E-state index is 6.41. The molecule has 1 saturated carbocycles. The summed E-state index contributed by atoms with van der Waals surface area (Å²) in [5.41, 5.74) is 2.85. The van der Waals surface area contributed by atoms with Gasteiger partial charge in [-0.2, -0.15) is 0 Å². The Morgan fingerprint density at radius 3 is 2.32 bits per heavy atom. The van der Waals surface area contributed by atoms with Gasteiger partial charge in [0.25, 0.3) is 0 Å². The fourth-order valence-corrected chi connectivity index (χ4v) is 3.07. The van der Waals surface area contributed by atoms with E-state index in [2.05, 4.69) is 43.4 Å². The molecule has 0 bridgehead atoms. The maximum absolute atomic E-state index is 6.41. The molecule has 1 unspecified atom stereocenters. The first kappa shape index (κ1) is 13.1. The van der Waals surface area contributed by atoms with Crippen molar-refractivity contribution >= 4 is 0 Å². The lowest BCUT2D eigenvalue weighted by molar-refractivity contribution is -0.122. The van der Waals surface area contributed by atoms with Crippen molar-refractivity contribution in [3.63, 3.8) is 0 Å². The molecule has 1 aliphatic carbocycles. The minimum atomic E-state index is 0.0259. The lowest BCUT2D eigenvalue weighted by atomic mass is 9.93. The zero-order chi connectivity index (χ0) is 13.3. The van der Waals surface area contributed by atoms with Crippen molar-refractivity contribution in [3.05, 3.63) is 35.4 Å². The number of nitrogens with one attached hydrogen (secondary N) is 1. The van der Waals surface area contributed by atoms with Gasteiger partial charge >= 0.3 is 0 Å². The molecular formula is C17H25NO. The van der Waals surface area contributed by atoms with Gasteiger partial charge in [-0.3, -0.25) is 0 Å². The van der Waals surface area contributed by atoms with Gasteiger partial charge in [-0.15, -0.1) is 0 Å². The standard InChI is InChI=1S/C17H25NO/c1-3-17(4-2)12-18-11-16(19-17)15-9-7-14(8-10-15)13-5-6-13/h7-10,13,16,18H,3-6,11-12H2,1-2H3. The number of benzene rings is 1. The third-order valence-corrected chi connectivity index (χ3v) is 4.81. The molecule has 1 aromatic carbocycles. The van der Waals surface area contributed by atoms with Crippen molar-refractivity contribution in [3.8, 4) is 0 Å². The number of rotatable bonds is 4. The molecule has 2 aliphatic rings. The summed E-state index contributed by atoms with van der Waals surface area (Å²) in [5.74, 6) is 0.838. The summed E-state index contributed by atoms with van der Waals surface area (Å²) in [6, 6.07) is 9.12. The number of hydrogen-bond acceptors (Lipinski definition) is 2. The fourth-order valence-electron chi connectivity index (χ4n) is 3.07. The van der Waals surface area contributed by atoms with Crippen LogP contribution in [0.4, 0.5) is 0 Å². The van der Waals surface area contributed by atoms with Crippen molar-refractivity contribution < 1.29 is 4.74 Å². The highest BCUT2D eigenvalue weighted by Gasteiger charge is 2.34. The minimum Gasteiger partial charge on any atom is -0.364 e. The van der Waals surface area contributed by atoms with Gasteiger partial charge in [0.05, 0.1) is 11.7 Å². The van der Waals surface area contributed by atoms with Crippen LogP contribution in [0.5, 0.6) is 0 Å². The van der Waals surface area contributed by atoms with Crippen LogP contribution >= 0.6 is 0 Å². The van der Waals surface area contributed by atoms with Crippen LogP contribution in [0, 0.1) is 0 Å². The molecule has 19 heavy (non-hydrogen) atoms. The van der Waals surface area contributed by atoms with Crippen LogP contribution in [0.15, 0.2) is 24.3 Å². The molecule has 3 rings (SSSR count). The molecular weight excluding hydrogens is 234 g/mol. The first-order valence-corrected chi connectivity index (χ1v) is 7.75. The Labute approximate surface area is 116 Å². The summed E-state index contributed by atoms with van der Waals surface area (Å²) in [7, 11) is 0. The van der Waals surface area contributed by atoms with Gasteiger partial charge in [0.15, 0.2) is 0 Å². The smallest absolute Gasteiger partial charge is 0.0957 e. The maximum Gasteiger partial charge on any atom is 0.0957 e. The van der Waals surface area contributed by atoms with E-state index in [0.29, 0.717) is 0 Å². The Morgan fingerprint density at radius 1 is 1.11 bits per heavy atom. The third-order valence-electron chi connectivity index (χ3n) is 4.81. The molecule has 1 aliphatic heterocycles. The molecule has 0 spiro atoms. The Bertz CT molecular complexity index is 417. The van der Waals surface area contributed by atoms with E-state index in [1.54, 1.807) is 0 Å². The number of hydrogen-bond donors (Lipinski definition) is 1. The quantitative estimate of drug-likeness (QED) is 0.888. The average Bonchev–Trinajstić information content (AvgIpc) is 3.32. The largest absolute Gasteiger partial charge is 0.364 e. The molecule has 1 aromatic rings. The summed E-state index contributed by atoms with van der Waals surface area (Å²) in [6.07, 6.45) is 5.10. The molecule has 2 fully saturated rings. The van der Waals surface area contributed by atoms with Crippen molar-refractivity contribution in [2.75, 3.05) is 13.1 Å². The lowest BCUT2D eigenvalue weighted by Gasteiger charge is -2.41. The zero-order valence-electron chi connectivity index (χ0n) is 12.1. The Hall–Kier alpha value is -0.860. The van der Waals surface area contributed by atoms with E-state index in [0.717, 1.165) is 31.8 Å². The highest BCUT2D eigenvalue weighted by Crippen LogP contribution is 2.40. The van der Waals surface area contributed by atoms with Crippen LogP contribution in [0.3, 0.4) is 0 Å². The van der Waals surface area contributed by atoms with Crippen molar-refractivity contribution in [1.82, 2.24) is 5.32 Å². The molecule has 0 amide bonds. The summed E-state index contributed by atoms with van der Waals surface area (Å²) in [6.45, 7) is 6.37. The second kappa shape index (κ2) is 5.26. The Morgan fingerprint density at radius 2 is 1.74 bits per heavy atom. The Kier molecular flexibility index (Phi) is 3.64. The number of morpholine rings is 1. The molecule has 2 nitrogen and oxygen atoms in total. The highest BCUT2D eigenvalue weighted by molar-refractivity contribution is 5.29. The van der Waals surface area contributed by atoms with E-state index < -0.39 is 0 Å². The molecule has 1 heterocycles. The first-order chi connectivity index (χ1) is 9.26. The van der Waals surface area contributed by atoms with Crippen LogP contribution in [0.25, 0.3) is 0 Å². The fraction of sp³-hybridized carbons (Fsp3) is 0.647. The van der Waals surface area contributed by atoms with E-state index >= 15 is 0 Å². The van der Waals surface area contributed by atoms with Crippen LogP contribution < -0.4 is 5.32 Å². The molecule has 0 radical (unpaired) electrons. The van der Waals surface area contributed by atoms with Gasteiger partial charge in [0.2, 0.25) is 0 Å². The minimum absolute atomic E-state index is 0.0259. The second-order valence-electron chi connectivity index (χ2n) is 6.07. The summed E-state index contributed by atoms with van der Waals surface area (Å²) < 4.78 is 6.41. The van der Waals surface area contributed by atoms with Gasteiger partial charge in [0.1, 0.15) is 0 Å². The molecule has 1 saturated heterocycles. The predicted molar refractivity (Wildman–Crippen MR) is 78.4 cm³/mol. The van der Waals surface area contributed by atoms with Crippen LogP contribution in [-0.4, -0.2) is 18.7 Å². The van der Waals surface area contributed by atoms with Gasteiger partial charge in [0, 0.05) is 13.1 Å². The molecule has 2 heteroatoms. The summed E-state index contributed by atoms with van der Waals surface area (Å²) >= 11 is 0. The molecule has 1 atom stereocenters. The van der Waals surface area contributed by atoms with Gasteiger partial charge in [-0.1, -0.05) is 38.1 Å². The van der Waals surface area contributed by atoms with Crippen LogP contribution in [0.1, 0.15) is 62.7 Å². The highest BCUT2D eigenvalue weighted by atomic mass is 16.5.